The van der Waals surface area contributed by atoms with Crippen LogP contribution in [0.4, 0.5) is 4.39 Å². The quantitative estimate of drug-likeness (QED) is 0.817. The smallest absolute Gasteiger partial charge is 0.132 e. The van der Waals surface area contributed by atoms with Crippen LogP contribution < -0.4 is 5.73 Å². The number of H-pyrrole nitrogens is 1. The Hall–Kier alpha value is -1.35. The predicted molar refractivity (Wildman–Crippen MR) is 62.8 cm³/mol. The summed E-state index contributed by atoms with van der Waals surface area (Å²) in [6.45, 7) is 0.668. The molecule has 0 unspecified atom stereocenters. The zero-order valence-corrected chi connectivity index (χ0v) is 9.09. The van der Waals surface area contributed by atoms with E-state index in [9.17, 15) is 4.39 Å². The van der Waals surface area contributed by atoms with Gasteiger partial charge in [-0.3, -0.25) is 0 Å². The van der Waals surface area contributed by atoms with Crippen molar-refractivity contribution >= 4 is 10.9 Å². The van der Waals surface area contributed by atoms with Crippen LogP contribution in [-0.4, -0.2) is 11.5 Å². The van der Waals surface area contributed by atoms with Gasteiger partial charge in [-0.25, -0.2) is 4.39 Å². The van der Waals surface area contributed by atoms with Crippen molar-refractivity contribution in [3.05, 3.63) is 35.8 Å². The molecule has 1 aliphatic rings. The van der Waals surface area contributed by atoms with E-state index in [0.29, 0.717) is 6.54 Å². The standard InChI is InChI=1S/C13H15FN2/c14-10-2-1-3-11-12(10)9(8-16-11)13(4-5-13)6-7-15/h1-3,8,16H,4-7,15H2. The zero-order chi connectivity index (χ0) is 11.2. The molecule has 0 amide bonds. The highest BCUT2D eigenvalue weighted by Crippen LogP contribution is 2.52. The van der Waals surface area contributed by atoms with Gasteiger partial charge in [0, 0.05) is 17.1 Å². The Morgan fingerprint density at radius 1 is 1.38 bits per heavy atom. The van der Waals surface area contributed by atoms with Crippen LogP contribution in [0.15, 0.2) is 24.4 Å². The maximum Gasteiger partial charge on any atom is 0.132 e. The predicted octanol–water partition coefficient (Wildman–Crippen LogP) is 2.69. The van der Waals surface area contributed by atoms with Crippen molar-refractivity contribution in [2.45, 2.75) is 24.7 Å². The molecule has 3 rings (SSSR count). The first-order valence-corrected chi connectivity index (χ1v) is 5.73. The fourth-order valence-corrected chi connectivity index (χ4v) is 2.64. The summed E-state index contributed by atoms with van der Waals surface area (Å²) in [5.74, 6) is -0.128. The van der Waals surface area contributed by atoms with Crippen molar-refractivity contribution in [1.82, 2.24) is 4.98 Å². The van der Waals surface area contributed by atoms with Crippen LogP contribution in [0.1, 0.15) is 24.8 Å². The molecule has 16 heavy (non-hydrogen) atoms. The Bertz CT molecular complexity index is 526. The van der Waals surface area contributed by atoms with Crippen LogP contribution in [0.3, 0.4) is 0 Å². The molecule has 3 N–H and O–H groups in total. The van der Waals surface area contributed by atoms with Gasteiger partial charge in [-0.15, -0.1) is 0 Å². The second-order valence-corrected chi connectivity index (χ2v) is 4.68. The number of halogens is 1. The number of rotatable bonds is 3. The number of benzene rings is 1. The molecule has 0 radical (unpaired) electrons. The lowest BCUT2D eigenvalue weighted by molar-refractivity contribution is 0.617. The van der Waals surface area contributed by atoms with E-state index in [2.05, 4.69) is 4.98 Å². The van der Waals surface area contributed by atoms with E-state index >= 15 is 0 Å². The lowest BCUT2D eigenvalue weighted by atomic mass is 9.92. The average Bonchev–Trinajstić information content (AvgIpc) is 2.91. The van der Waals surface area contributed by atoms with Gasteiger partial charge in [-0.2, -0.15) is 0 Å². The lowest BCUT2D eigenvalue weighted by Gasteiger charge is -2.13. The van der Waals surface area contributed by atoms with E-state index in [4.69, 9.17) is 5.73 Å². The summed E-state index contributed by atoms with van der Waals surface area (Å²) in [7, 11) is 0. The Kier molecular flexibility index (Phi) is 2.04. The summed E-state index contributed by atoms with van der Waals surface area (Å²) in [6, 6.07) is 5.18. The topological polar surface area (TPSA) is 41.8 Å². The minimum Gasteiger partial charge on any atom is -0.361 e. The monoisotopic (exact) mass is 218 g/mol. The van der Waals surface area contributed by atoms with Crippen LogP contribution in [0, 0.1) is 5.82 Å². The molecule has 0 atom stereocenters. The summed E-state index contributed by atoms with van der Waals surface area (Å²) >= 11 is 0. The highest BCUT2D eigenvalue weighted by Gasteiger charge is 2.45. The first-order chi connectivity index (χ1) is 7.77. The second kappa shape index (κ2) is 3.32. The number of hydrogen-bond acceptors (Lipinski definition) is 1. The molecule has 0 saturated heterocycles. The number of aromatic amines is 1. The number of nitrogens with two attached hydrogens (primary N) is 1. The molecule has 84 valence electrons. The van der Waals surface area contributed by atoms with E-state index in [1.807, 2.05) is 12.3 Å². The minimum atomic E-state index is -0.128. The third-order valence-corrected chi connectivity index (χ3v) is 3.70. The SMILES string of the molecule is NCCC1(c2c[nH]c3cccc(F)c23)CC1. The van der Waals surface area contributed by atoms with Gasteiger partial charge in [0.1, 0.15) is 5.82 Å². The summed E-state index contributed by atoms with van der Waals surface area (Å²) < 4.78 is 13.8. The van der Waals surface area contributed by atoms with Gasteiger partial charge in [-0.1, -0.05) is 6.07 Å². The van der Waals surface area contributed by atoms with Crippen molar-refractivity contribution < 1.29 is 4.39 Å². The van der Waals surface area contributed by atoms with E-state index in [1.165, 1.54) is 6.07 Å². The number of fused-ring (bicyclic) bond motifs is 1. The van der Waals surface area contributed by atoms with E-state index < -0.39 is 0 Å². The largest absolute Gasteiger partial charge is 0.361 e. The Morgan fingerprint density at radius 3 is 2.88 bits per heavy atom. The van der Waals surface area contributed by atoms with Crippen molar-refractivity contribution in [2.75, 3.05) is 6.54 Å². The van der Waals surface area contributed by atoms with Crippen LogP contribution in [0.5, 0.6) is 0 Å². The molecule has 1 aliphatic carbocycles. The molecule has 2 nitrogen and oxygen atoms in total. The third kappa shape index (κ3) is 1.28. The molecule has 1 aromatic heterocycles. The van der Waals surface area contributed by atoms with Gasteiger partial charge in [0.05, 0.1) is 0 Å². The first-order valence-electron chi connectivity index (χ1n) is 5.73. The fourth-order valence-electron chi connectivity index (χ4n) is 2.64. The van der Waals surface area contributed by atoms with Crippen LogP contribution >= 0.6 is 0 Å². The summed E-state index contributed by atoms with van der Waals surface area (Å²) in [5, 5.41) is 0.758. The van der Waals surface area contributed by atoms with Gasteiger partial charge >= 0.3 is 0 Å². The molecule has 3 heteroatoms. The summed E-state index contributed by atoms with van der Waals surface area (Å²) in [5.41, 5.74) is 7.79. The van der Waals surface area contributed by atoms with Crippen molar-refractivity contribution in [1.29, 1.82) is 0 Å². The molecule has 0 aliphatic heterocycles. The maximum absolute atomic E-state index is 13.8. The molecule has 0 bridgehead atoms. The van der Waals surface area contributed by atoms with Gasteiger partial charge in [0.25, 0.3) is 0 Å². The zero-order valence-electron chi connectivity index (χ0n) is 9.09. The molecule has 2 aromatic rings. The molecular formula is C13H15FN2. The molecular weight excluding hydrogens is 203 g/mol. The van der Waals surface area contributed by atoms with Crippen molar-refractivity contribution in [2.24, 2.45) is 5.73 Å². The van der Waals surface area contributed by atoms with Crippen molar-refractivity contribution in [3.63, 3.8) is 0 Å². The van der Waals surface area contributed by atoms with Gasteiger partial charge < -0.3 is 10.7 Å². The Morgan fingerprint density at radius 2 is 2.19 bits per heavy atom. The van der Waals surface area contributed by atoms with Gasteiger partial charge in [0.15, 0.2) is 0 Å². The lowest BCUT2D eigenvalue weighted by Crippen LogP contribution is -2.13. The number of nitrogens with one attached hydrogen (secondary N) is 1. The molecule has 1 heterocycles. The van der Waals surface area contributed by atoms with E-state index in [-0.39, 0.29) is 11.2 Å². The number of hydrogen-bond donors (Lipinski definition) is 2. The first kappa shape index (κ1) is 9.85. The van der Waals surface area contributed by atoms with Crippen LogP contribution in [0.25, 0.3) is 10.9 Å². The number of aromatic nitrogens is 1. The summed E-state index contributed by atoms with van der Waals surface area (Å²) in [6.07, 6.45) is 5.17. The fraction of sp³-hybridized carbons (Fsp3) is 0.385. The second-order valence-electron chi connectivity index (χ2n) is 4.68. The minimum absolute atomic E-state index is 0.128. The summed E-state index contributed by atoms with van der Waals surface area (Å²) in [4.78, 5) is 3.15. The van der Waals surface area contributed by atoms with Gasteiger partial charge in [-0.05, 0) is 48.9 Å². The molecule has 1 saturated carbocycles. The Balaban J connectivity index is 2.18. The van der Waals surface area contributed by atoms with Crippen molar-refractivity contribution in [3.8, 4) is 0 Å². The van der Waals surface area contributed by atoms with E-state index in [1.54, 1.807) is 6.07 Å². The van der Waals surface area contributed by atoms with Gasteiger partial charge in [0.2, 0.25) is 0 Å². The molecule has 1 aromatic carbocycles. The Labute approximate surface area is 93.6 Å². The van der Waals surface area contributed by atoms with E-state index in [0.717, 1.165) is 35.7 Å². The molecule has 1 fully saturated rings. The average molecular weight is 218 g/mol. The molecule has 0 spiro atoms. The third-order valence-electron chi connectivity index (χ3n) is 3.70. The highest BCUT2D eigenvalue weighted by atomic mass is 19.1. The van der Waals surface area contributed by atoms with Crippen LogP contribution in [-0.2, 0) is 5.41 Å². The normalized spacial score (nSPS) is 17.9. The maximum atomic E-state index is 13.8. The van der Waals surface area contributed by atoms with Crippen LogP contribution in [0.2, 0.25) is 0 Å². The highest BCUT2D eigenvalue weighted by molar-refractivity contribution is 5.85.